The van der Waals surface area contributed by atoms with Crippen LogP contribution in [0.25, 0.3) is 0 Å². The molecule has 1 aromatic carbocycles. The molecule has 0 bridgehead atoms. The van der Waals surface area contributed by atoms with Gasteiger partial charge in [0.1, 0.15) is 6.04 Å². The Morgan fingerprint density at radius 2 is 1.67 bits per heavy atom. The van der Waals surface area contributed by atoms with Gasteiger partial charge < -0.3 is 16.4 Å². The van der Waals surface area contributed by atoms with Crippen molar-refractivity contribution in [1.82, 2.24) is 10.6 Å². The Morgan fingerprint density at radius 3 is 2.24 bits per heavy atom. The average molecular weight is 457 g/mol. The van der Waals surface area contributed by atoms with E-state index in [-0.39, 0.29) is 18.2 Å². The number of aryl methyl sites for hydroxylation is 1. The lowest BCUT2D eigenvalue weighted by Crippen LogP contribution is -2.53. The third kappa shape index (κ3) is 10.4. The van der Waals surface area contributed by atoms with Crippen LogP contribution >= 0.6 is 0 Å². The Hall–Kier alpha value is -2.37. The number of hydrogen-bond acceptors (Lipinski definition) is 3. The average Bonchev–Trinajstić information content (AvgIpc) is 2.76. The Bertz CT molecular complexity index is 777. The van der Waals surface area contributed by atoms with Crippen LogP contribution < -0.4 is 16.4 Å². The molecule has 2 unspecified atom stereocenters. The Balaban J connectivity index is 1.96. The molecule has 1 aliphatic rings. The second kappa shape index (κ2) is 12.8. The second-order valence-corrected chi connectivity index (χ2v) is 10.6. The van der Waals surface area contributed by atoms with Crippen molar-refractivity contribution in [2.45, 2.75) is 97.1 Å². The molecule has 0 spiro atoms. The normalized spacial score (nSPS) is 16.6. The van der Waals surface area contributed by atoms with Gasteiger partial charge in [-0.1, -0.05) is 63.3 Å². The lowest BCUT2D eigenvalue weighted by Gasteiger charge is -2.26. The monoisotopic (exact) mass is 456 g/mol. The summed E-state index contributed by atoms with van der Waals surface area (Å²) in [7, 11) is 0. The van der Waals surface area contributed by atoms with Gasteiger partial charge in [-0.15, -0.1) is 0 Å². The Kier molecular flexibility index (Phi) is 10.4. The van der Waals surface area contributed by atoms with Crippen molar-refractivity contribution in [3.63, 3.8) is 0 Å². The third-order valence-electron chi connectivity index (χ3n) is 6.30. The first-order valence-electron chi connectivity index (χ1n) is 12.4. The molecular formula is C27H42N3O3. The molecular weight excluding hydrogens is 414 g/mol. The topological polar surface area (TPSA) is 101 Å². The number of carbonyl (C=O) groups excluding carboxylic acids is 3. The molecule has 1 aromatic rings. The largest absolute Gasteiger partial charge is 0.369 e. The Labute approximate surface area is 199 Å². The molecule has 1 aliphatic carbocycles. The van der Waals surface area contributed by atoms with Gasteiger partial charge in [0.15, 0.2) is 0 Å². The fourth-order valence-corrected chi connectivity index (χ4v) is 4.22. The van der Waals surface area contributed by atoms with Gasteiger partial charge in [-0.2, -0.15) is 0 Å². The third-order valence-corrected chi connectivity index (χ3v) is 6.30. The highest BCUT2D eigenvalue weighted by molar-refractivity contribution is 5.92. The zero-order valence-electron chi connectivity index (χ0n) is 20.8. The van der Waals surface area contributed by atoms with Gasteiger partial charge >= 0.3 is 0 Å². The summed E-state index contributed by atoms with van der Waals surface area (Å²) in [5.74, 6) is -0.633. The minimum absolute atomic E-state index is 0.228. The van der Waals surface area contributed by atoms with Gasteiger partial charge in [0.05, 0.1) is 6.42 Å². The molecule has 0 aromatic heterocycles. The number of benzene rings is 1. The summed E-state index contributed by atoms with van der Waals surface area (Å²) in [6, 6.07) is 7.68. The number of carbonyl (C=O) groups is 3. The lowest BCUT2D eigenvalue weighted by atomic mass is 9.85. The predicted molar refractivity (Wildman–Crippen MR) is 132 cm³/mol. The van der Waals surface area contributed by atoms with Crippen molar-refractivity contribution < 1.29 is 14.4 Å². The van der Waals surface area contributed by atoms with Crippen LogP contribution in [0.15, 0.2) is 24.3 Å². The van der Waals surface area contributed by atoms with E-state index in [1.165, 1.54) is 50.5 Å². The van der Waals surface area contributed by atoms with Gasteiger partial charge in [0.2, 0.25) is 17.7 Å². The van der Waals surface area contributed by atoms with Crippen molar-refractivity contribution in [1.29, 1.82) is 0 Å². The molecule has 2 rings (SSSR count). The molecule has 1 radical (unpaired) electrons. The number of nitrogens with two attached hydrogens (primary N) is 1. The first kappa shape index (κ1) is 26.9. The van der Waals surface area contributed by atoms with E-state index in [0.29, 0.717) is 6.42 Å². The van der Waals surface area contributed by atoms with Crippen LogP contribution in [0.1, 0.15) is 83.8 Å². The molecule has 183 valence electrons. The number of rotatable bonds is 11. The summed E-state index contributed by atoms with van der Waals surface area (Å²) in [5.41, 5.74) is 7.17. The van der Waals surface area contributed by atoms with E-state index in [4.69, 9.17) is 5.73 Å². The predicted octanol–water partition coefficient (Wildman–Crippen LogP) is 3.86. The van der Waals surface area contributed by atoms with E-state index in [1.54, 1.807) is 6.92 Å². The van der Waals surface area contributed by atoms with Crippen molar-refractivity contribution >= 4 is 17.7 Å². The first-order valence-corrected chi connectivity index (χ1v) is 12.4. The summed E-state index contributed by atoms with van der Waals surface area (Å²) in [6.07, 6.45) is 11.2. The molecule has 3 amide bonds. The maximum Gasteiger partial charge on any atom is 0.243 e. The number of primary amides is 1. The number of nitrogens with one attached hydrogen (secondary N) is 2. The van der Waals surface area contributed by atoms with Crippen LogP contribution in [0.5, 0.6) is 0 Å². The molecule has 1 fully saturated rings. The highest BCUT2D eigenvalue weighted by Gasteiger charge is 2.25. The van der Waals surface area contributed by atoms with Gasteiger partial charge in [-0.05, 0) is 57.1 Å². The zero-order chi connectivity index (χ0) is 24.4. The van der Waals surface area contributed by atoms with Gasteiger partial charge in [-0.25, -0.2) is 0 Å². The molecule has 0 saturated heterocycles. The molecule has 0 aliphatic heterocycles. The standard InChI is InChI=1S/C27H42N3O3/c1-19(25(28)32)10-17-24(31)29-23(26(33)30-27(2,3)4)18-22-15-13-21(14-16-22)12-11-20-8-6-5-7-9-20/h13-17,19-20,23H,5-12,18H2,1-4H3,(H2,28,32)(H,29,31)(H,30,33). The van der Waals surface area contributed by atoms with E-state index >= 15 is 0 Å². The lowest BCUT2D eigenvalue weighted by molar-refractivity contribution is -0.128. The van der Waals surface area contributed by atoms with Crippen molar-refractivity contribution in [3.8, 4) is 0 Å². The molecule has 6 nitrogen and oxygen atoms in total. The van der Waals surface area contributed by atoms with Crippen molar-refractivity contribution in [3.05, 3.63) is 41.8 Å². The smallest absolute Gasteiger partial charge is 0.243 e. The van der Waals surface area contributed by atoms with Crippen LogP contribution in [0.3, 0.4) is 0 Å². The van der Waals surface area contributed by atoms with Crippen molar-refractivity contribution in [2.75, 3.05) is 0 Å². The van der Waals surface area contributed by atoms with Crippen LogP contribution in [-0.4, -0.2) is 29.3 Å². The summed E-state index contributed by atoms with van der Waals surface area (Å²) in [6.45, 7) is 7.40. The maximum atomic E-state index is 12.9. The van der Waals surface area contributed by atoms with Crippen LogP contribution in [-0.2, 0) is 27.2 Å². The molecule has 4 N–H and O–H groups in total. The minimum atomic E-state index is -0.704. The van der Waals surface area contributed by atoms with Crippen LogP contribution in [0.2, 0.25) is 0 Å². The van der Waals surface area contributed by atoms with E-state index in [2.05, 4.69) is 34.9 Å². The fraction of sp³-hybridized carbons (Fsp3) is 0.630. The molecule has 6 heteroatoms. The van der Waals surface area contributed by atoms with Gasteiger partial charge in [-0.3, -0.25) is 14.4 Å². The summed E-state index contributed by atoms with van der Waals surface area (Å²) in [4.78, 5) is 36.5. The Morgan fingerprint density at radius 1 is 1.06 bits per heavy atom. The molecule has 0 heterocycles. The zero-order valence-corrected chi connectivity index (χ0v) is 20.8. The van der Waals surface area contributed by atoms with E-state index in [9.17, 15) is 14.4 Å². The molecule has 2 atom stereocenters. The van der Waals surface area contributed by atoms with Crippen molar-refractivity contribution in [2.24, 2.45) is 17.6 Å². The SMILES string of the molecule is CC(C[CH]C(=O)NC(Cc1ccc(CCC2CCCCC2)cc1)C(=O)NC(C)(C)C)C(N)=O. The number of hydrogen-bond donors (Lipinski definition) is 3. The highest BCUT2D eigenvalue weighted by atomic mass is 16.2. The van der Waals surface area contributed by atoms with Gasteiger partial charge in [0.25, 0.3) is 0 Å². The quantitative estimate of drug-likeness (QED) is 0.471. The molecule has 33 heavy (non-hydrogen) atoms. The highest BCUT2D eigenvalue weighted by Crippen LogP contribution is 2.27. The van der Waals surface area contributed by atoms with E-state index in [1.807, 2.05) is 20.8 Å². The molecule has 1 saturated carbocycles. The van der Waals surface area contributed by atoms with E-state index in [0.717, 1.165) is 17.9 Å². The first-order chi connectivity index (χ1) is 15.5. The second-order valence-electron chi connectivity index (χ2n) is 10.6. The summed E-state index contributed by atoms with van der Waals surface area (Å²) in [5, 5.41) is 5.76. The fourth-order valence-electron chi connectivity index (χ4n) is 4.22. The van der Waals surface area contributed by atoms with Crippen LogP contribution in [0.4, 0.5) is 0 Å². The summed E-state index contributed by atoms with van der Waals surface area (Å²) < 4.78 is 0. The summed E-state index contributed by atoms with van der Waals surface area (Å²) >= 11 is 0. The number of amides is 3. The minimum Gasteiger partial charge on any atom is -0.369 e. The maximum absolute atomic E-state index is 12.9. The van der Waals surface area contributed by atoms with Gasteiger partial charge in [0, 0.05) is 17.9 Å². The van der Waals surface area contributed by atoms with Crippen LogP contribution in [0, 0.1) is 18.3 Å². The van der Waals surface area contributed by atoms with E-state index < -0.39 is 23.4 Å².